The second-order valence-corrected chi connectivity index (χ2v) is 4.10. The molecule has 0 radical (unpaired) electrons. The highest BCUT2D eigenvalue weighted by atomic mass is 16.5. The molecular weight excluding hydrogens is 198 g/mol. The van der Waals surface area contributed by atoms with Gasteiger partial charge in [0.1, 0.15) is 0 Å². The molecule has 1 aromatic rings. The van der Waals surface area contributed by atoms with Gasteiger partial charge in [-0.15, -0.1) is 0 Å². The van der Waals surface area contributed by atoms with Gasteiger partial charge in [-0.25, -0.2) is 0 Å². The molecule has 16 heavy (non-hydrogen) atoms. The highest BCUT2D eigenvalue weighted by Gasteiger charge is 2.09. The van der Waals surface area contributed by atoms with Crippen LogP contribution in [0.25, 0.3) is 0 Å². The van der Waals surface area contributed by atoms with Gasteiger partial charge in [-0.05, 0) is 25.5 Å². The van der Waals surface area contributed by atoms with E-state index in [1.54, 1.807) is 0 Å². The van der Waals surface area contributed by atoms with Crippen LogP contribution >= 0.6 is 0 Å². The topological polar surface area (TPSA) is 21.3 Å². The van der Waals surface area contributed by atoms with Crippen LogP contribution in [0.2, 0.25) is 0 Å². The van der Waals surface area contributed by atoms with Crippen LogP contribution in [0.5, 0.6) is 0 Å². The van der Waals surface area contributed by atoms with Crippen molar-refractivity contribution in [2.24, 2.45) is 0 Å². The fourth-order valence-electron chi connectivity index (χ4n) is 1.75. The van der Waals surface area contributed by atoms with Crippen molar-refractivity contribution < 1.29 is 4.74 Å². The Morgan fingerprint density at radius 3 is 2.75 bits per heavy atom. The zero-order valence-corrected chi connectivity index (χ0v) is 10.6. The van der Waals surface area contributed by atoms with Crippen molar-refractivity contribution in [3.63, 3.8) is 0 Å². The first-order valence-electron chi connectivity index (χ1n) is 6.15. The molecule has 0 fully saturated rings. The maximum atomic E-state index is 5.63. The van der Waals surface area contributed by atoms with Gasteiger partial charge in [0.15, 0.2) is 0 Å². The lowest BCUT2D eigenvalue weighted by atomic mass is 10.1. The molecule has 0 aliphatic carbocycles. The van der Waals surface area contributed by atoms with E-state index < -0.39 is 0 Å². The highest BCUT2D eigenvalue weighted by Crippen LogP contribution is 2.14. The first-order chi connectivity index (χ1) is 7.77. The summed E-state index contributed by atoms with van der Waals surface area (Å²) in [6.07, 6.45) is 1.08. The summed E-state index contributed by atoms with van der Waals surface area (Å²) in [6.45, 7) is 8.95. The number of nitrogens with one attached hydrogen (secondary N) is 1. The highest BCUT2D eigenvalue weighted by molar-refractivity contribution is 5.25. The lowest BCUT2D eigenvalue weighted by molar-refractivity contribution is 0.112. The summed E-state index contributed by atoms with van der Waals surface area (Å²) < 4.78 is 5.63. The third-order valence-electron chi connectivity index (χ3n) is 2.53. The standard InChI is InChI=1S/C14H23NO/c1-4-9-16-11-14(15-5-2)13-8-6-7-12(3)10-13/h6-8,10,14-15H,4-5,9,11H2,1-3H3. The Labute approximate surface area is 99.0 Å². The van der Waals surface area contributed by atoms with Crippen molar-refractivity contribution in [3.05, 3.63) is 35.4 Å². The fourth-order valence-corrected chi connectivity index (χ4v) is 1.75. The van der Waals surface area contributed by atoms with Gasteiger partial charge in [-0.1, -0.05) is 43.7 Å². The van der Waals surface area contributed by atoms with Crippen LogP contribution in [0.3, 0.4) is 0 Å². The minimum atomic E-state index is 0.316. The zero-order valence-electron chi connectivity index (χ0n) is 10.6. The average molecular weight is 221 g/mol. The molecule has 0 aromatic heterocycles. The Morgan fingerprint density at radius 1 is 1.31 bits per heavy atom. The molecule has 0 heterocycles. The van der Waals surface area contributed by atoms with Gasteiger partial charge in [0, 0.05) is 6.61 Å². The van der Waals surface area contributed by atoms with Crippen LogP contribution in [0.4, 0.5) is 0 Å². The van der Waals surface area contributed by atoms with E-state index in [1.165, 1.54) is 11.1 Å². The summed E-state index contributed by atoms with van der Waals surface area (Å²) >= 11 is 0. The second kappa shape index (κ2) is 7.42. The summed E-state index contributed by atoms with van der Waals surface area (Å²) in [6, 6.07) is 8.93. The summed E-state index contributed by atoms with van der Waals surface area (Å²) in [5, 5.41) is 3.46. The van der Waals surface area contributed by atoms with Gasteiger partial charge in [0.05, 0.1) is 12.6 Å². The largest absolute Gasteiger partial charge is 0.379 e. The van der Waals surface area contributed by atoms with Gasteiger partial charge < -0.3 is 10.1 Å². The van der Waals surface area contributed by atoms with Crippen molar-refractivity contribution in [1.82, 2.24) is 5.32 Å². The van der Waals surface area contributed by atoms with E-state index in [0.717, 1.165) is 26.2 Å². The number of hydrogen-bond acceptors (Lipinski definition) is 2. The van der Waals surface area contributed by atoms with E-state index in [2.05, 4.69) is 50.4 Å². The van der Waals surface area contributed by atoms with Gasteiger partial charge in [-0.3, -0.25) is 0 Å². The van der Waals surface area contributed by atoms with E-state index in [-0.39, 0.29) is 0 Å². The number of hydrogen-bond donors (Lipinski definition) is 1. The molecule has 1 N–H and O–H groups in total. The van der Waals surface area contributed by atoms with Gasteiger partial charge in [0.2, 0.25) is 0 Å². The first kappa shape index (κ1) is 13.2. The van der Waals surface area contributed by atoms with Crippen LogP contribution in [-0.4, -0.2) is 19.8 Å². The van der Waals surface area contributed by atoms with Gasteiger partial charge >= 0.3 is 0 Å². The van der Waals surface area contributed by atoms with Crippen LogP contribution in [0.1, 0.15) is 37.4 Å². The molecule has 1 rings (SSSR count). The van der Waals surface area contributed by atoms with Crippen molar-refractivity contribution in [2.75, 3.05) is 19.8 Å². The lowest BCUT2D eigenvalue weighted by Gasteiger charge is -2.18. The van der Waals surface area contributed by atoms with Gasteiger partial charge in [0.25, 0.3) is 0 Å². The second-order valence-electron chi connectivity index (χ2n) is 4.10. The molecule has 1 aromatic carbocycles. The SMILES string of the molecule is CCCOCC(NCC)c1cccc(C)c1. The minimum absolute atomic E-state index is 0.316. The van der Waals surface area contributed by atoms with E-state index >= 15 is 0 Å². The molecule has 1 atom stereocenters. The number of aryl methyl sites for hydroxylation is 1. The Morgan fingerprint density at radius 2 is 2.12 bits per heavy atom. The number of likely N-dealkylation sites (N-methyl/N-ethyl adjacent to an activating group) is 1. The summed E-state index contributed by atoms with van der Waals surface area (Å²) in [5.41, 5.74) is 2.62. The van der Waals surface area contributed by atoms with E-state index in [9.17, 15) is 0 Å². The molecule has 2 heteroatoms. The molecule has 0 aliphatic rings. The van der Waals surface area contributed by atoms with Crippen molar-refractivity contribution >= 4 is 0 Å². The number of ether oxygens (including phenoxy) is 1. The van der Waals surface area contributed by atoms with Crippen LogP contribution in [0.15, 0.2) is 24.3 Å². The lowest BCUT2D eigenvalue weighted by Crippen LogP contribution is -2.25. The molecule has 0 amide bonds. The molecule has 0 saturated carbocycles. The maximum Gasteiger partial charge on any atom is 0.0661 e. The Bertz CT molecular complexity index is 299. The number of benzene rings is 1. The van der Waals surface area contributed by atoms with Crippen molar-refractivity contribution in [1.29, 1.82) is 0 Å². The van der Waals surface area contributed by atoms with Crippen molar-refractivity contribution in [2.45, 2.75) is 33.2 Å². The third-order valence-corrected chi connectivity index (χ3v) is 2.53. The quantitative estimate of drug-likeness (QED) is 0.714. The molecule has 1 unspecified atom stereocenters. The molecule has 0 bridgehead atoms. The molecule has 0 saturated heterocycles. The van der Waals surface area contributed by atoms with E-state index in [0.29, 0.717) is 6.04 Å². The van der Waals surface area contributed by atoms with Crippen molar-refractivity contribution in [3.8, 4) is 0 Å². The Hall–Kier alpha value is -0.860. The minimum Gasteiger partial charge on any atom is -0.379 e. The molecule has 2 nitrogen and oxygen atoms in total. The number of rotatable bonds is 7. The van der Waals surface area contributed by atoms with Gasteiger partial charge in [-0.2, -0.15) is 0 Å². The third kappa shape index (κ3) is 4.33. The Balaban J connectivity index is 2.61. The first-order valence-corrected chi connectivity index (χ1v) is 6.15. The monoisotopic (exact) mass is 221 g/mol. The summed E-state index contributed by atoms with van der Waals surface area (Å²) in [4.78, 5) is 0. The summed E-state index contributed by atoms with van der Waals surface area (Å²) in [7, 11) is 0. The summed E-state index contributed by atoms with van der Waals surface area (Å²) in [5.74, 6) is 0. The maximum absolute atomic E-state index is 5.63. The molecule has 0 aliphatic heterocycles. The predicted molar refractivity (Wildman–Crippen MR) is 68.7 cm³/mol. The smallest absolute Gasteiger partial charge is 0.0661 e. The van der Waals surface area contributed by atoms with Crippen LogP contribution in [-0.2, 0) is 4.74 Å². The van der Waals surface area contributed by atoms with E-state index in [4.69, 9.17) is 4.74 Å². The fraction of sp³-hybridized carbons (Fsp3) is 0.571. The normalized spacial score (nSPS) is 12.7. The molecule has 0 spiro atoms. The Kier molecular flexibility index (Phi) is 6.12. The average Bonchev–Trinajstić information content (AvgIpc) is 2.28. The zero-order chi connectivity index (χ0) is 11.8. The predicted octanol–water partition coefficient (Wildman–Crippen LogP) is 3.07. The van der Waals surface area contributed by atoms with E-state index in [1.807, 2.05) is 0 Å². The molecular formula is C14H23NO. The van der Waals surface area contributed by atoms with Crippen LogP contribution in [0, 0.1) is 6.92 Å². The molecule has 90 valence electrons. The van der Waals surface area contributed by atoms with Crippen LogP contribution < -0.4 is 5.32 Å².